The van der Waals surface area contributed by atoms with Crippen molar-refractivity contribution in [3.63, 3.8) is 0 Å². The zero-order valence-electron chi connectivity index (χ0n) is 10.2. The fourth-order valence-corrected chi connectivity index (χ4v) is 2.31. The SMILES string of the molecule is CNC(c1ccncc1F)c1ccc(C)cc1Cl. The van der Waals surface area contributed by atoms with Crippen molar-refractivity contribution in [2.45, 2.75) is 13.0 Å². The number of rotatable bonds is 3. The molecule has 0 amide bonds. The summed E-state index contributed by atoms with van der Waals surface area (Å²) < 4.78 is 13.8. The molecule has 0 radical (unpaired) electrons. The Balaban J connectivity index is 2.49. The Hall–Kier alpha value is -1.45. The summed E-state index contributed by atoms with van der Waals surface area (Å²) in [6.45, 7) is 1.97. The second kappa shape index (κ2) is 5.46. The summed E-state index contributed by atoms with van der Waals surface area (Å²) >= 11 is 6.23. The van der Waals surface area contributed by atoms with Gasteiger partial charge in [0.25, 0.3) is 0 Å². The topological polar surface area (TPSA) is 24.9 Å². The molecule has 18 heavy (non-hydrogen) atoms. The van der Waals surface area contributed by atoms with Crippen LogP contribution in [0.1, 0.15) is 22.7 Å². The molecule has 1 unspecified atom stereocenters. The Morgan fingerprint density at radius 3 is 2.67 bits per heavy atom. The van der Waals surface area contributed by atoms with Crippen molar-refractivity contribution in [3.05, 3.63) is 64.2 Å². The van der Waals surface area contributed by atoms with Gasteiger partial charge in [-0.15, -0.1) is 0 Å². The molecule has 4 heteroatoms. The van der Waals surface area contributed by atoms with E-state index in [1.54, 1.807) is 19.3 Å². The Kier molecular flexibility index (Phi) is 3.94. The first kappa shape index (κ1) is 13.0. The molecule has 94 valence electrons. The average Bonchev–Trinajstić information content (AvgIpc) is 2.34. The van der Waals surface area contributed by atoms with Crippen molar-refractivity contribution in [2.24, 2.45) is 0 Å². The van der Waals surface area contributed by atoms with Gasteiger partial charge in [-0.05, 0) is 37.2 Å². The fourth-order valence-electron chi connectivity index (χ4n) is 1.96. The van der Waals surface area contributed by atoms with Gasteiger partial charge >= 0.3 is 0 Å². The molecule has 0 bridgehead atoms. The van der Waals surface area contributed by atoms with Crippen LogP contribution in [0.25, 0.3) is 0 Å². The number of pyridine rings is 1. The van der Waals surface area contributed by atoms with Crippen LogP contribution >= 0.6 is 11.6 Å². The second-order valence-electron chi connectivity index (χ2n) is 4.14. The van der Waals surface area contributed by atoms with Gasteiger partial charge in [-0.2, -0.15) is 0 Å². The lowest BCUT2D eigenvalue weighted by Crippen LogP contribution is -2.19. The van der Waals surface area contributed by atoms with E-state index in [9.17, 15) is 4.39 Å². The number of hydrogen-bond donors (Lipinski definition) is 1. The van der Waals surface area contributed by atoms with Crippen molar-refractivity contribution in [1.82, 2.24) is 10.3 Å². The largest absolute Gasteiger partial charge is 0.309 e. The molecule has 1 aromatic heterocycles. The monoisotopic (exact) mass is 264 g/mol. The second-order valence-corrected chi connectivity index (χ2v) is 4.55. The molecule has 0 aliphatic heterocycles. The molecule has 0 aliphatic rings. The zero-order valence-corrected chi connectivity index (χ0v) is 11.0. The first-order chi connectivity index (χ1) is 8.63. The van der Waals surface area contributed by atoms with Crippen LogP contribution in [0.4, 0.5) is 4.39 Å². The van der Waals surface area contributed by atoms with Crippen molar-refractivity contribution in [3.8, 4) is 0 Å². The maximum absolute atomic E-state index is 13.8. The van der Waals surface area contributed by atoms with E-state index in [0.29, 0.717) is 10.6 Å². The van der Waals surface area contributed by atoms with Gasteiger partial charge in [0.05, 0.1) is 12.2 Å². The molecule has 2 nitrogen and oxygen atoms in total. The van der Waals surface area contributed by atoms with Crippen LogP contribution in [0, 0.1) is 12.7 Å². The third-order valence-corrected chi connectivity index (χ3v) is 3.20. The minimum Gasteiger partial charge on any atom is -0.309 e. The predicted octanol–water partition coefficient (Wildman–Crippen LogP) is 3.49. The summed E-state index contributed by atoms with van der Waals surface area (Å²) in [5, 5.41) is 3.71. The van der Waals surface area contributed by atoms with Crippen molar-refractivity contribution in [1.29, 1.82) is 0 Å². The van der Waals surface area contributed by atoms with Crippen molar-refractivity contribution in [2.75, 3.05) is 7.05 Å². The summed E-state index contributed by atoms with van der Waals surface area (Å²) in [5.41, 5.74) is 2.47. The summed E-state index contributed by atoms with van der Waals surface area (Å²) in [7, 11) is 1.78. The lowest BCUT2D eigenvalue weighted by Gasteiger charge is -2.19. The highest BCUT2D eigenvalue weighted by Gasteiger charge is 2.18. The van der Waals surface area contributed by atoms with E-state index >= 15 is 0 Å². The van der Waals surface area contributed by atoms with Gasteiger partial charge in [-0.1, -0.05) is 23.7 Å². The van der Waals surface area contributed by atoms with E-state index in [4.69, 9.17) is 11.6 Å². The molecule has 2 aromatic rings. The fraction of sp³-hybridized carbons (Fsp3) is 0.214. The first-order valence-electron chi connectivity index (χ1n) is 5.66. The van der Waals surface area contributed by atoms with E-state index in [1.807, 2.05) is 25.1 Å². The molecule has 1 atom stereocenters. The molecular formula is C14H14ClFN2. The molecular weight excluding hydrogens is 251 g/mol. The molecule has 0 aliphatic carbocycles. The van der Waals surface area contributed by atoms with Gasteiger partial charge in [0.2, 0.25) is 0 Å². The van der Waals surface area contributed by atoms with E-state index in [2.05, 4.69) is 10.3 Å². The van der Waals surface area contributed by atoms with Crippen LogP contribution in [0.5, 0.6) is 0 Å². The third-order valence-electron chi connectivity index (χ3n) is 2.87. The van der Waals surface area contributed by atoms with Gasteiger partial charge in [-0.25, -0.2) is 4.39 Å². The number of aromatic nitrogens is 1. The molecule has 0 saturated heterocycles. The highest BCUT2D eigenvalue weighted by Crippen LogP contribution is 2.29. The summed E-state index contributed by atoms with van der Waals surface area (Å²) in [6, 6.07) is 7.14. The Morgan fingerprint density at radius 2 is 2.06 bits per heavy atom. The Morgan fingerprint density at radius 1 is 1.28 bits per heavy atom. The maximum Gasteiger partial charge on any atom is 0.146 e. The minimum absolute atomic E-state index is 0.277. The molecule has 2 rings (SSSR count). The molecule has 1 aromatic carbocycles. The number of halogens is 2. The van der Waals surface area contributed by atoms with Crippen LogP contribution in [0.2, 0.25) is 5.02 Å². The van der Waals surface area contributed by atoms with E-state index in [0.717, 1.165) is 11.1 Å². The minimum atomic E-state index is -0.339. The van der Waals surface area contributed by atoms with Crippen LogP contribution in [-0.2, 0) is 0 Å². The Bertz CT molecular complexity index is 557. The summed E-state index contributed by atoms with van der Waals surface area (Å²) in [6.07, 6.45) is 2.78. The molecule has 0 spiro atoms. The van der Waals surface area contributed by atoms with E-state index < -0.39 is 0 Å². The molecule has 1 N–H and O–H groups in total. The van der Waals surface area contributed by atoms with Gasteiger partial charge in [-0.3, -0.25) is 4.98 Å². The number of nitrogens with one attached hydrogen (secondary N) is 1. The zero-order chi connectivity index (χ0) is 13.1. The summed E-state index contributed by atoms with van der Waals surface area (Å²) in [5.74, 6) is -0.339. The van der Waals surface area contributed by atoms with E-state index in [1.165, 1.54) is 6.20 Å². The van der Waals surface area contributed by atoms with Crippen LogP contribution in [0.3, 0.4) is 0 Å². The van der Waals surface area contributed by atoms with Crippen LogP contribution in [0.15, 0.2) is 36.7 Å². The summed E-state index contributed by atoms with van der Waals surface area (Å²) in [4.78, 5) is 3.76. The third kappa shape index (κ3) is 2.52. The molecule has 0 saturated carbocycles. The predicted molar refractivity (Wildman–Crippen MR) is 71.3 cm³/mol. The highest BCUT2D eigenvalue weighted by atomic mass is 35.5. The van der Waals surface area contributed by atoms with Gasteiger partial charge in [0, 0.05) is 16.8 Å². The first-order valence-corrected chi connectivity index (χ1v) is 6.04. The van der Waals surface area contributed by atoms with Gasteiger partial charge in [0.1, 0.15) is 5.82 Å². The van der Waals surface area contributed by atoms with Crippen LogP contribution < -0.4 is 5.32 Å². The molecule has 0 fully saturated rings. The average molecular weight is 265 g/mol. The van der Waals surface area contributed by atoms with E-state index in [-0.39, 0.29) is 11.9 Å². The normalized spacial score (nSPS) is 12.4. The lowest BCUT2D eigenvalue weighted by atomic mass is 9.98. The number of nitrogens with zero attached hydrogens (tertiary/aromatic N) is 1. The van der Waals surface area contributed by atoms with Gasteiger partial charge in [0.15, 0.2) is 0 Å². The maximum atomic E-state index is 13.8. The number of hydrogen-bond acceptors (Lipinski definition) is 2. The number of benzene rings is 1. The van der Waals surface area contributed by atoms with Crippen molar-refractivity contribution >= 4 is 11.6 Å². The van der Waals surface area contributed by atoms with Crippen molar-refractivity contribution < 1.29 is 4.39 Å². The van der Waals surface area contributed by atoms with Crippen LogP contribution in [-0.4, -0.2) is 12.0 Å². The van der Waals surface area contributed by atoms with Gasteiger partial charge < -0.3 is 5.32 Å². The highest BCUT2D eigenvalue weighted by molar-refractivity contribution is 6.31. The smallest absolute Gasteiger partial charge is 0.146 e. The Labute approximate surface area is 111 Å². The number of aryl methyl sites for hydroxylation is 1. The molecule has 1 heterocycles. The quantitative estimate of drug-likeness (QED) is 0.918. The standard InChI is InChI=1S/C14H14ClFN2/c1-9-3-4-10(12(15)7-9)14(17-2)11-5-6-18-8-13(11)16/h3-8,14,17H,1-2H3. The lowest BCUT2D eigenvalue weighted by molar-refractivity contribution is 0.571.